The summed E-state index contributed by atoms with van der Waals surface area (Å²) >= 11 is 5.71. The molecule has 3 aliphatic rings. The molecule has 0 saturated carbocycles. The Bertz CT molecular complexity index is 4200. The summed E-state index contributed by atoms with van der Waals surface area (Å²) in [5, 5.41) is 8.23. The van der Waals surface area contributed by atoms with E-state index in [2.05, 4.69) is 201 Å². The molecular formula is C67H48S3. The van der Waals surface area contributed by atoms with Crippen LogP contribution < -0.4 is 0 Å². The summed E-state index contributed by atoms with van der Waals surface area (Å²) in [6.07, 6.45) is 10.4. The molecule has 0 nitrogen and oxygen atoms in total. The number of thiophene rings is 3. The first-order chi connectivity index (χ1) is 34.6. The van der Waals surface area contributed by atoms with Gasteiger partial charge in [-0.25, -0.2) is 0 Å². The molecule has 3 atom stereocenters. The standard InChI is InChI=1S/C67H48S3/c1-39(41-23-29-66-60(33-41)61-37-45(25-31-67(61)70-66)44-24-30-65-59(36-44)54-15-7-9-17-63(54)69-65)55-38-46-21-20-42(34-56(46)49-12-4-3-11-48(49)55)43-22-27-52-51(47-10-2-5-13-50(47)57(52)35-43)26-18-40-19-28-64-58(32-40)53-14-6-8-16-62(53)68-64/h3-9,11-17,19-25,27-37,39,51,55H,2,10,18,26,38H2,1H3. The predicted molar refractivity (Wildman–Crippen MR) is 306 cm³/mol. The van der Waals surface area contributed by atoms with Gasteiger partial charge in [-0.2, -0.15) is 0 Å². The summed E-state index contributed by atoms with van der Waals surface area (Å²) in [6, 6.07) is 70.3. The summed E-state index contributed by atoms with van der Waals surface area (Å²) < 4.78 is 8.18. The van der Waals surface area contributed by atoms with Crippen LogP contribution in [-0.4, -0.2) is 0 Å². The summed E-state index contributed by atoms with van der Waals surface area (Å²) in [4.78, 5) is 0. The van der Waals surface area contributed by atoms with Gasteiger partial charge in [-0.3, -0.25) is 0 Å². The second-order valence-electron chi connectivity index (χ2n) is 20.1. The minimum atomic E-state index is 0.347. The lowest BCUT2D eigenvalue weighted by molar-refractivity contribution is 0.568. The van der Waals surface area contributed by atoms with E-state index in [0.29, 0.717) is 17.8 Å². The van der Waals surface area contributed by atoms with Crippen molar-refractivity contribution in [2.24, 2.45) is 0 Å². The van der Waals surface area contributed by atoms with E-state index in [1.54, 1.807) is 5.57 Å². The van der Waals surface area contributed by atoms with Gasteiger partial charge in [-0.1, -0.05) is 134 Å². The van der Waals surface area contributed by atoms with Gasteiger partial charge in [0.15, 0.2) is 0 Å². The van der Waals surface area contributed by atoms with Crippen LogP contribution in [0.5, 0.6) is 0 Å². The molecule has 0 aliphatic heterocycles. The monoisotopic (exact) mass is 948 g/mol. The van der Waals surface area contributed by atoms with Crippen molar-refractivity contribution >= 4 is 100 Å². The summed E-state index contributed by atoms with van der Waals surface area (Å²) in [5.41, 5.74) is 19.8. The molecule has 3 heteroatoms. The minimum absolute atomic E-state index is 0.347. The van der Waals surface area contributed by atoms with E-state index < -0.39 is 0 Å². The molecule has 9 aromatic carbocycles. The second kappa shape index (κ2) is 16.1. The van der Waals surface area contributed by atoms with E-state index in [0.717, 1.165) is 32.1 Å². The van der Waals surface area contributed by atoms with Crippen LogP contribution >= 0.6 is 34.0 Å². The topological polar surface area (TPSA) is 0 Å². The van der Waals surface area contributed by atoms with Crippen molar-refractivity contribution in [1.82, 2.24) is 0 Å². The average Bonchev–Trinajstić information content (AvgIpc) is 4.18. The van der Waals surface area contributed by atoms with Crippen molar-refractivity contribution in [2.75, 3.05) is 0 Å². The number of rotatable bonds is 7. The fourth-order valence-electron chi connectivity index (χ4n) is 12.8. The lowest BCUT2D eigenvalue weighted by Gasteiger charge is -2.33. The molecule has 15 rings (SSSR count). The van der Waals surface area contributed by atoms with Gasteiger partial charge in [-0.05, 0) is 189 Å². The molecule has 0 amide bonds. The molecule has 70 heavy (non-hydrogen) atoms. The van der Waals surface area contributed by atoms with Crippen molar-refractivity contribution in [3.8, 4) is 33.4 Å². The number of fused-ring (bicyclic) bond motifs is 14. The molecule has 0 spiro atoms. The average molecular weight is 949 g/mol. The molecular weight excluding hydrogens is 901 g/mol. The zero-order chi connectivity index (χ0) is 46.0. The maximum atomic E-state index is 2.52. The Kier molecular flexibility index (Phi) is 9.41. The first-order valence-corrected chi connectivity index (χ1v) is 27.6. The molecule has 12 aromatic rings. The summed E-state index contributed by atoms with van der Waals surface area (Å²) in [6.45, 7) is 2.47. The van der Waals surface area contributed by atoms with Crippen LogP contribution in [0.3, 0.4) is 0 Å². The van der Waals surface area contributed by atoms with Crippen LogP contribution in [-0.2, 0) is 12.8 Å². The molecule has 0 bridgehead atoms. The van der Waals surface area contributed by atoms with Crippen LogP contribution in [0.25, 0.3) is 99.5 Å². The summed E-state index contributed by atoms with van der Waals surface area (Å²) in [7, 11) is 0. The van der Waals surface area contributed by atoms with Gasteiger partial charge in [0.2, 0.25) is 0 Å². The van der Waals surface area contributed by atoms with Crippen LogP contribution in [0.1, 0.15) is 77.3 Å². The third kappa shape index (κ3) is 6.52. The first kappa shape index (κ1) is 41.0. The van der Waals surface area contributed by atoms with Crippen molar-refractivity contribution < 1.29 is 0 Å². The van der Waals surface area contributed by atoms with Gasteiger partial charge >= 0.3 is 0 Å². The first-order valence-electron chi connectivity index (χ1n) is 25.1. The zero-order valence-electron chi connectivity index (χ0n) is 39.0. The van der Waals surface area contributed by atoms with Gasteiger partial charge in [0.05, 0.1) is 0 Å². The van der Waals surface area contributed by atoms with Gasteiger partial charge in [-0.15, -0.1) is 34.0 Å². The third-order valence-corrected chi connectivity index (χ3v) is 19.8. The lowest BCUT2D eigenvalue weighted by Crippen LogP contribution is -2.17. The number of allylic oxidation sites excluding steroid dienone is 4. The van der Waals surface area contributed by atoms with Gasteiger partial charge in [0.25, 0.3) is 0 Å². The van der Waals surface area contributed by atoms with Crippen LogP contribution in [0, 0.1) is 0 Å². The molecule has 0 saturated heterocycles. The van der Waals surface area contributed by atoms with E-state index in [1.165, 1.54) is 133 Å². The van der Waals surface area contributed by atoms with Gasteiger partial charge in [0.1, 0.15) is 0 Å². The molecule has 3 unspecified atom stereocenters. The van der Waals surface area contributed by atoms with E-state index in [-0.39, 0.29) is 0 Å². The van der Waals surface area contributed by atoms with E-state index in [9.17, 15) is 0 Å². The highest BCUT2D eigenvalue weighted by Crippen LogP contribution is 2.52. The van der Waals surface area contributed by atoms with Crippen molar-refractivity contribution in [3.63, 3.8) is 0 Å². The number of benzene rings is 9. The van der Waals surface area contributed by atoms with Gasteiger partial charge in [0, 0.05) is 66.4 Å². The fraction of sp³-hybridized carbons (Fsp3) is 0.134. The highest BCUT2D eigenvalue weighted by molar-refractivity contribution is 7.26. The Labute approximate surface area is 420 Å². The Hall–Kier alpha value is -6.88. The van der Waals surface area contributed by atoms with E-state index >= 15 is 0 Å². The minimum Gasteiger partial charge on any atom is -0.135 e. The van der Waals surface area contributed by atoms with Crippen LogP contribution in [0.2, 0.25) is 0 Å². The quantitative estimate of drug-likeness (QED) is 0.149. The largest absolute Gasteiger partial charge is 0.135 e. The molecule has 0 N–H and O–H groups in total. The van der Waals surface area contributed by atoms with Crippen molar-refractivity contribution in [2.45, 2.75) is 56.8 Å². The van der Waals surface area contributed by atoms with E-state index in [1.807, 2.05) is 34.0 Å². The Balaban J connectivity index is 0.723. The molecule has 3 heterocycles. The maximum Gasteiger partial charge on any atom is 0.0355 e. The van der Waals surface area contributed by atoms with Crippen LogP contribution in [0.15, 0.2) is 200 Å². The maximum absolute atomic E-state index is 2.52. The Morgan fingerprint density at radius 2 is 1.04 bits per heavy atom. The lowest BCUT2D eigenvalue weighted by atomic mass is 9.71. The summed E-state index contributed by atoms with van der Waals surface area (Å²) in [5.74, 6) is 1.20. The molecule has 0 radical (unpaired) electrons. The Morgan fingerprint density at radius 1 is 0.471 bits per heavy atom. The highest BCUT2D eigenvalue weighted by atomic mass is 32.1. The zero-order valence-corrected chi connectivity index (χ0v) is 41.4. The van der Waals surface area contributed by atoms with Crippen LogP contribution in [0.4, 0.5) is 0 Å². The number of aryl methyl sites for hydroxylation is 1. The van der Waals surface area contributed by atoms with Gasteiger partial charge < -0.3 is 0 Å². The van der Waals surface area contributed by atoms with E-state index in [4.69, 9.17) is 0 Å². The predicted octanol–water partition coefficient (Wildman–Crippen LogP) is 20.1. The highest BCUT2D eigenvalue weighted by Gasteiger charge is 2.33. The number of hydrogen-bond donors (Lipinski definition) is 0. The number of hydrogen-bond acceptors (Lipinski definition) is 3. The second-order valence-corrected chi connectivity index (χ2v) is 23.4. The molecule has 0 fully saturated rings. The normalized spacial score (nSPS) is 16.7. The smallest absolute Gasteiger partial charge is 0.0355 e. The Morgan fingerprint density at radius 3 is 1.80 bits per heavy atom. The SMILES string of the molecule is CC(c1ccc2sc3ccc(-c4ccc5sc6ccccc6c5c4)cc3c2c1)C1Cc2ccc(-c3ccc4c(c3)C3=C(CCC=C3)C4CCc3ccc4sc5ccccc5c4c3)cc2-c2ccccc21. The molecule has 3 aromatic heterocycles. The van der Waals surface area contributed by atoms with Crippen molar-refractivity contribution in [1.29, 1.82) is 0 Å². The third-order valence-electron chi connectivity index (χ3n) is 16.4. The fourth-order valence-corrected chi connectivity index (χ4v) is 16.0. The van der Waals surface area contributed by atoms with Crippen molar-refractivity contribution in [3.05, 3.63) is 233 Å². The molecule has 334 valence electrons. The molecule has 3 aliphatic carbocycles.